The molecule has 2 aliphatic rings. The van der Waals surface area contributed by atoms with Crippen molar-refractivity contribution in [3.05, 3.63) is 36.1 Å². The summed E-state index contributed by atoms with van der Waals surface area (Å²) in [6.45, 7) is 0.849. The second kappa shape index (κ2) is 7.21. The molecule has 3 rings (SSSR count). The zero-order valence-corrected chi connectivity index (χ0v) is 13.8. The van der Waals surface area contributed by atoms with Crippen molar-refractivity contribution >= 4 is 0 Å². The minimum atomic E-state index is -1.77. The molecule has 1 heterocycles. The van der Waals surface area contributed by atoms with Crippen LogP contribution in [0.25, 0.3) is 0 Å². The number of fused-ring (bicyclic) bond motifs is 1. The molecular weight excluding hydrogens is 298 g/mol. The van der Waals surface area contributed by atoms with E-state index in [1.54, 1.807) is 20.3 Å². The van der Waals surface area contributed by atoms with Crippen LogP contribution in [0.1, 0.15) is 12.8 Å². The van der Waals surface area contributed by atoms with E-state index in [2.05, 4.69) is 0 Å². The quantitative estimate of drug-likeness (QED) is 0.716. The lowest BCUT2D eigenvalue weighted by Gasteiger charge is -2.38. The van der Waals surface area contributed by atoms with Gasteiger partial charge in [-0.15, -0.1) is 0 Å². The molecule has 128 valence electrons. The number of methoxy groups -OCH3 is 2. The van der Waals surface area contributed by atoms with E-state index >= 15 is 0 Å². The van der Waals surface area contributed by atoms with E-state index in [-0.39, 0.29) is 24.1 Å². The number of hydrogen-bond acceptors (Lipinski definition) is 6. The predicted molar refractivity (Wildman–Crippen MR) is 86.6 cm³/mol. The fourth-order valence-electron chi connectivity index (χ4n) is 3.31. The van der Waals surface area contributed by atoms with Crippen LogP contribution in [0.3, 0.4) is 0 Å². The molecule has 0 spiro atoms. The van der Waals surface area contributed by atoms with Crippen molar-refractivity contribution in [2.24, 2.45) is 5.92 Å². The number of likely N-dealkylation sites (N-methyl/N-ethyl adjacent to an activating group) is 1. The minimum Gasteiger partial charge on any atom is -0.512 e. The van der Waals surface area contributed by atoms with Crippen LogP contribution in [0.4, 0.5) is 0 Å². The van der Waals surface area contributed by atoms with Gasteiger partial charge < -0.3 is 24.8 Å². The number of aliphatic hydroxyl groups is 3. The molecule has 3 N–H and O–H groups in total. The first-order valence-electron chi connectivity index (χ1n) is 7.60. The van der Waals surface area contributed by atoms with Gasteiger partial charge in [-0.05, 0) is 38.2 Å². The van der Waals surface area contributed by atoms with E-state index in [1.807, 2.05) is 36.2 Å². The van der Waals surface area contributed by atoms with Gasteiger partial charge in [0.1, 0.15) is 0 Å². The van der Waals surface area contributed by atoms with E-state index in [4.69, 9.17) is 9.47 Å². The first-order chi connectivity index (χ1) is 10.9. The Hall–Kier alpha value is -1.76. The van der Waals surface area contributed by atoms with Gasteiger partial charge in [0.2, 0.25) is 0 Å². The van der Waals surface area contributed by atoms with Gasteiger partial charge in [-0.1, -0.05) is 12.1 Å². The number of nitrogens with zero attached hydrogens (tertiary/aromatic N) is 1. The predicted octanol–water partition coefficient (Wildman–Crippen LogP) is 1.54. The largest absolute Gasteiger partial charge is 0.512 e. The topological polar surface area (TPSA) is 82.4 Å². The van der Waals surface area contributed by atoms with Crippen molar-refractivity contribution in [3.63, 3.8) is 0 Å². The van der Waals surface area contributed by atoms with Crippen LogP contribution >= 0.6 is 0 Å². The Morgan fingerprint density at radius 3 is 2.22 bits per heavy atom. The number of para-hydroxylation sites is 2. The molecular formula is C17H25NO5. The maximum atomic E-state index is 9.70. The number of rotatable bonds is 2. The zero-order valence-electron chi connectivity index (χ0n) is 13.8. The Morgan fingerprint density at radius 2 is 1.70 bits per heavy atom. The van der Waals surface area contributed by atoms with Crippen molar-refractivity contribution < 1.29 is 24.8 Å². The number of likely N-dealkylation sites (tertiary alicyclic amines) is 1. The Balaban J connectivity index is 0.000000174. The summed E-state index contributed by atoms with van der Waals surface area (Å²) in [5.41, 5.74) is 0. The summed E-state index contributed by atoms with van der Waals surface area (Å²) in [4.78, 5) is 1.94. The minimum absolute atomic E-state index is 0.0570. The molecule has 23 heavy (non-hydrogen) atoms. The van der Waals surface area contributed by atoms with E-state index < -0.39 is 5.79 Å². The number of hydrogen-bond donors (Lipinski definition) is 3. The summed E-state index contributed by atoms with van der Waals surface area (Å²) >= 11 is 0. The van der Waals surface area contributed by atoms with Crippen molar-refractivity contribution in [2.45, 2.75) is 24.7 Å². The zero-order chi connectivity index (χ0) is 17.0. The van der Waals surface area contributed by atoms with Crippen molar-refractivity contribution in [3.8, 4) is 11.5 Å². The lowest BCUT2D eigenvalue weighted by molar-refractivity contribution is -0.209. The molecule has 1 aromatic rings. The highest BCUT2D eigenvalue weighted by atomic mass is 16.5. The van der Waals surface area contributed by atoms with Gasteiger partial charge in [-0.3, -0.25) is 4.90 Å². The van der Waals surface area contributed by atoms with Crippen LogP contribution in [0, 0.1) is 5.92 Å². The molecule has 2 unspecified atom stereocenters. The molecule has 0 radical (unpaired) electrons. The third-order valence-electron chi connectivity index (χ3n) is 4.31. The van der Waals surface area contributed by atoms with Crippen LogP contribution in [0.2, 0.25) is 0 Å². The maximum Gasteiger partial charge on any atom is 0.186 e. The Kier molecular flexibility index (Phi) is 5.51. The molecule has 1 saturated heterocycles. The third kappa shape index (κ3) is 3.96. The van der Waals surface area contributed by atoms with Crippen LogP contribution in [0.5, 0.6) is 11.5 Å². The highest BCUT2D eigenvalue weighted by Gasteiger charge is 2.48. The lowest BCUT2D eigenvalue weighted by atomic mass is 9.85. The van der Waals surface area contributed by atoms with E-state index in [0.717, 1.165) is 24.5 Å². The summed E-state index contributed by atoms with van der Waals surface area (Å²) in [5, 5.41) is 28.7. The second-order valence-electron chi connectivity index (χ2n) is 5.95. The average molecular weight is 323 g/mol. The van der Waals surface area contributed by atoms with Crippen LogP contribution < -0.4 is 9.47 Å². The highest BCUT2D eigenvalue weighted by Crippen LogP contribution is 2.38. The van der Waals surface area contributed by atoms with Gasteiger partial charge in [0.25, 0.3) is 0 Å². The maximum absolute atomic E-state index is 9.70. The fourth-order valence-corrected chi connectivity index (χ4v) is 3.31. The highest BCUT2D eigenvalue weighted by molar-refractivity contribution is 5.39. The number of aliphatic hydroxyl groups excluding tert-OH is 1. The van der Waals surface area contributed by atoms with Crippen molar-refractivity contribution in [1.29, 1.82) is 0 Å². The van der Waals surface area contributed by atoms with E-state index in [1.165, 1.54) is 0 Å². The molecule has 6 heteroatoms. The van der Waals surface area contributed by atoms with Crippen LogP contribution in [0.15, 0.2) is 36.1 Å². The summed E-state index contributed by atoms with van der Waals surface area (Å²) in [6, 6.07) is 7.27. The monoisotopic (exact) mass is 323 g/mol. The third-order valence-corrected chi connectivity index (χ3v) is 4.31. The smallest absolute Gasteiger partial charge is 0.186 e. The van der Waals surface area contributed by atoms with E-state index in [9.17, 15) is 15.3 Å². The van der Waals surface area contributed by atoms with Gasteiger partial charge in [-0.25, -0.2) is 0 Å². The molecule has 1 aliphatic carbocycles. The standard InChI is InChI=1S/C9H15NO3.C8H10O2/c1-10-3-2-6-4-7(11)5-9(12,13)8(6)10;1-9-7-5-3-4-6-8(7)10-2/h4,6,8,11-13H,2-3,5H2,1H3;3-6H,1-2H3. The van der Waals surface area contributed by atoms with Crippen molar-refractivity contribution in [2.75, 3.05) is 27.8 Å². The number of ether oxygens (including phenoxy) is 2. The van der Waals surface area contributed by atoms with Gasteiger partial charge in [-0.2, -0.15) is 0 Å². The summed E-state index contributed by atoms with van der Waals surface area (Å²) < 4.78 is 10.0. The van der Waals surface area contributed by atoms with Gasteiger partial charge >= 0.3 is 0 Å². The Bertz CT molecular complexity index is 535. The summed E-state index contributed by atoms with van der Waals surface area (Å²) in [6.07, 6.45) is 2.57. The summed E-state index contributed by atoms with van der Waals surface area (Å²) in [7, 11) is 5.12. The van der Waals surface area contributed by atoms with Crippen LogP contribution in [-0.4, -0.2) is 59.9 Å². The lowest BCUT2D eigenvalue weighted by Crippen LogP contribution is -2.53. The molecule has 2 atom stereocenters. The Labute approximate surface area is 136 Å². The molecule has 1 aliphatic heterocycles. The molecule has 0 saturated carbocycles. The van der Waals surface area contributed by atoms with Gasteiger partial charge in [0.05, 0.1) is 32.4 Å². The molecule has 0 aromatic heterocycles. The molecule has 1 aromatic carbocycles. The molecule has 0 amide bonds. The van der Waals surface area contributed by atoms with Crippen molar-refractivity contribution in [1.82, 2.24) is 4.90 Å². The van der Waals surface area contributed by atoms with Crippen LogP contribution in [-0.2, 0) is 0 Å². The first kappa shape index (κ1) is 17.6. The normalized spacial score (nSPS) is 25.7. The number of benzene rings is 1. The Morgan fingerprint density at radius 1 is 1.13 bits per heavy atom. The molecule has 1 fully saturated rings. The molecule has 6 nitrogen and oxygen atoms in total. The second-order valence-corrected chi connectivity index (χ2v) is 5.95. The first-order valence-corrected chi connectivity index (χ1v) is 7.60. The average Bonchev–Trinajstić information content (AvgIpc) is 2.88. The summed E-state index contributed by atoms with van der Waals surface area (Å²) in [5.74, 6) is -0.0559. The van der Waals surface area contributed by atoms with E-state index in [0.29, 0.717) is 0 Å². The fraction of sp³-hybridized carbons (Fsp3) is 0.529. The van der Waals surface area contributed by atoms with Gasteiger partial charge in [0.15, 0.2) is 17.3 Å². The molecule has 0 bridgehead atoms. The SMILES string of the molecule is CN1CCC2C=C(O)CC(O)(O)C21.COc1ccccc1OC. The van der Waals surface area contributed by atoms with Gasteiger partial charge in [0, 0.05) is 5.92 Å².